The van der Waals surface area contributed by atoms with Crippen molar-refractivity contribution < 1.29 is 0 Å². The van der Waals surface area contributed by atoms with Crippen LogP contribution >= 0.6 is 0 Å². The molecule has 2 atom stereocenters. The van der Waals surface area contributed by atoms with Crippen molar-refractivity contribution in [3.63, 3.8) is 0 Å². The lowest BCUT2D eigenvalue weighted by Gasteiger charge is -2.25. The van der Waals surface area contributed by atoms with Crippen LogP contribution in [-0.4, -0.2) is 4.98 Å². The molecule has 2 bridgehead atoms. The molecule has 1 heteroatoms. The predicted molar refractivity (Wildman–Crippen MR) is 172 cm³/mol. The Morgan fingerprint density at radius 3 is 1.80 bits per heavy atom. The van der Waals surface area contributed by atoms with Gasteiger partial charge in [-0.15, -0.1) is 0 Å². The minimum Gasteiger partial charge on any atom is -0.247 e. The number of hydrogen-bond acceptors (Lipinski definition) is 1. The lowest BCUT2D eigenvalue weighted by atomic mass is 9.80. The molecule has 8 aromatic rings. The molecule has 2 unspecified atom stereocenters. The maximum absolute atomic E-state index is 5.67. The third kappa shape index (κ3) is 2.78. The summed E-state index contributed by atoms with van der Waals surface area (Å²) in [6.45, 7) is 0. The number of fused-ring (bicyclic) bond motifs is 18. The maximum atomic E-state index is 5.67. The Morgan fingerprint density at radius 2 is 1.02 bits per heavy atom. The standard InChI is InChI=1S/C40H25N/c1-2-10-26-23(9-1)17-18-24-19-20-25(21-33(24)26)39-38-35-22-34(29-13-3-4-14-30(29)35)36(38)37-31-15-7-5-11-27(31)28-12-6-8-16-32(28)40(37)41-39/h1-21,34-35H,22H2. The number of benzene rings is 7. The average Bonchev–Trinajstić information content (AvgIpc) is 3.62. The second-order valence-corrected chi connectivity index (χ2v) is 11.8. The zero-order valence-corrected chi connectivity index (χ0v) is 22.4. The van der Waals surface area contributed by atoms with Gasteiger partial charge in [0.25, 0.3) is 0 Å². The molecule has 0 fully saturated rings. The summed E-state index contributed by atoms with van der Waals surface area (Å²) in [6, 6.07) is 47.1. The van der Waals surface area contributed by atoms with Crippen molar-refractivity contribution in [2.75, 3.05) is 0 Å². The summed E-state index contributed by atoms with van der Waals surface area (Å²) in [5, 5.41) is 11.7. The zero-order chi connectivity index (χ0) is 26.7. The van der Waals surface area contributed by atoms with Crippen LogP contribution in [0.5, 0.6) is 0 Å². The minimum absolute atomic E-state index is 0.381. The fraction of sp³-hybridized carbons (Fsp3) is 0.0750. The lowest BCUT2D eigenvalue weighted by molar-refractivity contribution is 0.798. The highest BCUT2D eigenvalue weighted by atomic mass is 14.7. The Balaban J connectivity index is 1.39. The van der Waals surface area contributed by atoms with Gasteiger partial charge >= 0.3 is 0 Å². The van der Waals surface area contributed by atoms with Gasteiger partial charge in [-0.25, -0.2) is 4.98 Å². The second-order valence-electron chi connectivity index (χ2n) is 11.8. The molecule has 10 rings (SSSR count). The fourth-order valence-corrected chi connectivity index (χ4v) is 8.21. The van der Waals surface area contributed by atoms with Crippen LogP contribution in [0.15, 0.2) is 127 Å². The zero-order valence-electron chi connectivity index (χ0n) is 22.4. The number of pyridine rings is 1. The van der Waals surface area contributed by atoms with E-state index in [1.54, 1.807) is 0 Å². The Morgan fingerprint density at radius 1 is 0.463 bits per heavy atom. The van der Waals surface area contributed by atoms with Crippen molar-refractivity contribution >= 4 is 54.0 Å². The minimum atomic E-state index is 0.381. The molecule has 0 spiro atoms. The van der Waals surface area contributed by atoms with Gasteiger partial charge in [-0.1, -0.05) is 121 Å². The van der Waals surface area contributed by atoms with Crippen molar-refractivity contribution in [2.24, 2.45) is 0 Å². The first-order valence-electron chi connectivity index (χ1n) is 14.6. The van der Waals surface area contributed by atoms with E-state index >= 15 is 0 Å². The van der Waals surface area contributed by atoms with Crippen molar-refractivity contribution in [1.29, 1.82) is 0 Å². The van der Waals surface area contributed by atoms with Crippen LogP contribution in [0.3, 0.4) is 0 Å². The first kappa shape index (κ1) is 21.8. The number of rotatable bonds is 1. The summed E-state index contributed by atoms with van der Waals surface area (Å²) in [7, 11) is 0. The summed E-state index contributed by atoms with van der Waals surface area (Å²) in [5.41, 5.74) is 9.46. The quantitative estimate of drug-likeness (QED) is 0.197. The highest BCUT2D eigenvalue weighted by molar-refractivity contribution is 6.26. The molecule has 41 heavy (non-hydrogen) atoms. The second kappa shape index (κ2) is 7.80. The molecule has 1 aromatic heterocycles. The lowest BCUT2D eigenvalue weighted by Crippen LogP contribution is -2.08. The third-order valence-electron chi connectivity index (χ3n) is 9.88. The normalized spacial score (nSPS) is 17.2. The predicted octanol–water partition coefficient (Wildman–Crippen LogP) is 10.5. The van der Waals surface area contributed by atoms with E-state index in [2.05, 4.69) is 127 Å². The van der Waals surface area contributed by atoms with Gasteiger partial charge in [0.1, 0.15) is 0 Å². The van der Waals surface area contributed by atoms with Gasteiger partial charge in [-0.3, -0.25) is 0 Å². The summed E-state index contributed by atoms with van der Waals surface area (Å²) >= 11 is 0. The van der Waals surface area contributed by atoms with Gasteiger partial charge in [0.05, 0.1) is 11.2 Å². The van der Waals surface area contributed by atoms with Crippen LogP contribution in [0.25, 0.3) is 65.3 Å². The van der Waals surface area contributed by atoms with E-state index in [-0.39, 0.29) is 0 Å². The van der Waals surface area contributed by atoms with Gasteiger partial charge in [0.15, 0.2) is 0 Å². The summed E-state index contributed by atoms with van der Waals surface area (Å²) in [4.78, 5) is 5.67. The van der Waals surface area contributed by atoms with E-state index in [9.17, 15) is 0 Å². The van der Waals surface area contributed by atoms with E-state index in [0.29, 0.717) is 11.8 Å². The molecule has 0 saturated heterocycles. The van der Waals surface area contributed by atoms with Crippen molar-refractivity contribution in [1.82, 2.24) is 4.98 Å². The highest BCUT2D eigenvalue weighted by Gasteiger charge is 2.44. The molecule has 190 valence electrons. The summed E-state index contributed by atoms with van der Waals surface area (Å²) in [6.07, 6.45) is 1.14. The molecule has 7 aromatic carbocycles. The Bertz CT molecular complexity index is 2410. The van der Waals surface area contributed by atoms with Gasteiger partial charge in [0.2, 0.25) is 0 Å². The number of hydrogen-bond donors (Lipinski definition) is 0. The number of aromatic nitrogens is 1. The van der Waals surface area contributed by atoms with Gasteiger partial charge in [0, 0.05) is 28.2 Å². The SMILES string of the molecule is c1ccc2c(c1)C1CC2c2c1c(-c1ccc3ccc4ccccc4c3c1)nc1c3ccccc3c3ccccc3c21. The number of nitrogens with zero attached hydrogens (tertiary/aromatic N) is 1. The van der Waals surface area contributed by atoms with Gasteiger partial charge in [-0.05, 0) is 72.4 Å². The molecule has 2 aliphatic carbocycles. The molecule has 1 nitrogen and oxygen atoms in total. The van der Waals surface area contributed by atoms with E-state index in [1.165, 1.54) is 76.3 Å². The van der Waals surface area contributed by atoms with Crippen LogP contribution in [0, 0.1) is 0 Å². The smallest absolute Gasteiger partial charge is 0.0797 e. The first-order valence-corrected chi connectivity index (χ1v) is 14.6. The summed E-state index contributed by atoms with van der Waals surface area (Å²) < 4.78 is 0. The van der Waals surface area contributed by atoms with Crippen LogP contribution < -0.4 is 0 Å². The molecule has 0 radical (unpaired) electrons. The molecule has 0 saturated carbocycles. The molecule has 2 aliphatic rings. The molecular weight excluding hydrogens is 494 g/mol. The maximum Gasteiger partial charge on any atom is 0.0797 e. The summed E-state index contributed by atoms with van der Waals surface area (Å²) in [5.74, 6) is 0.785. The van der Waals surface area contributed by atoms with Gasteiger partial charge < -0.3 is 0 Å². The van der Waals surface area contributed by atoms with Crippen LogP contribution in [-0.2, 0) is 0 Å². The van der Waals surface area contributed by atoms with Crippen LogP contribution in [0.4, 0.5) is 0 Å². The van der Waals surface area contributed by atoms with E-state index < -0.39 is 0 Å². The van der Waals surface area contributed by atoms with Gasteiger partial charge in [-0.2, -0.15) is 0 Å². The van der Waals surface area contributed by atoms with E-state index in [0.717, 1.165) is 17.6 Å². The van der Waals surface area contributed by atoms with Crippen molar-refractivity contribution in [3.8, 4) is 11.3 Å². The van der Waals surface area contributed by atoms with Crippen molar-refractivity contribution in [2.45, 2.75) is 18.3 Å². The Labute approximate surface area is 237 Å². The average molecular weight is 520 g/mol. The van der Waals surface area contributed by atoms with Crippen LogP contribution in [0.1, 0.15) is 40.5 Å². The first-order chi connectivity index (χ1) is 20.3. The van der Waals surface area contributed by atoms with Crippen LogP contribution in [0.2, 0.25) is 0 Å². The van der Waals surface area contributed by atoms with E-state index in [4.69, 9.17) is 4.98 Å². The molecule has 0 amide bonds. The largest absolute Gasteiger partial charge is 0.247 e. The van der Waals surface area contributed by atoms with Crippen molar-refractivity contribution in [3.05, 3.63) is 150 Å². The molecule has 0 aliphatic heterocycles. The molecule has 0 N–H and O–H groups in total. The monoisotopic (exact) mass is 519 g/mol. The Kier molecular flexibility index (Phi) is 4.14. The fourth-order valence-electron chi connectivity index (χ4n) is 8.21. The van der Waals surface area contributed by atoms with E-state index in [1.807, 2.05) is 0 Å². The molecule has 1 heterocycles. The highest BCUT2D eigenvalue weighted by Crippen LogP contribution is 2.61. The Hall–Kier alpha value is -5.01. The third-order valence-corrected chi connectivity index (χ3v) is 9.88. The topological polar surface area (TPSA) is 12.9 Å². The molecular formula is C40H25N.